The Labute approximate surface area is 74.6 Å². The quantitative estimate of drug-likeness (QED) is 0.676. The van der Waals surface area contributed by atoms with Crippen molar-refractivity contribution >= 4 is 0 Å². The van der Waals surface area contributed by atoms with Gasteiger partial charge in [0.1, 0.15) is 0 Å². The van der Waals surface area contributed by atoms with Crippen molar-refractivity contribution in [2.45, 2.75) is 25.1 Å². The number of allylic oxidation sites excluding steroid dienone is 2. The highest BCUT2D eigenvalue weighted by Gasteiger charge is 2.48. The smallest absolute Gasteiger partial charge is 0.385 e. The Morgan fingerprint density at radius 3 is 2.38 bits per heavy atom. The number of aliphatic hydroxyl groups is 1. The second kappa shape index (κ2) is 3.18. The molecule has 0 saturated carbocycles. The molecule has 1 nitrogen and oxygen atoms in total. The van der Waals surface area contributed by atoms with Crippen molar-refractivity contribution in [3.8, 4) is 0 Å². The zero-order valence-electron chi connectivity index (χ0n) is 7.17. The molecule has 1 aliphatic rings. The van der Waals surface area contributed by atoms with Crippen LogP contribution in [0.25, 0.3) is 0 Å². The molecule has 0 aliphatic heterocycles. The first-order valence-corrected chi connectivity index (χ1v) is 4.00. The summed E-state index contributed by atoms with van der Waals surface area (Å²) < 4.78 is 36.8. The lowest BCUT2D eigenvalue weighted by Crippen LogP contribution is -2.42. The third-order valence-electron chi connectivity index (χ3n) is 2.32. The molecule has 0 heterocycles. The van der Waals surface area contributed by atoms with Crippen molar-refractivity contribution in [2.24, 2.45) is 5.92 Å². The van der Waals surface area contributed by atoms with E-state index in [9.17, 15) is 18.3 Å². The molecule has 0 saturated heterocycles. The standard InChI is InChI=1S/C9H11F3O/c1-7(9(10,11)12)8(13)5-3-2-4-6-8/h2-5,7,13H,6H2,1H3. The molecule has 13 heavy (non-hydrogen) atoms. The summed E-state index contributed by atoms with van der Waals surface area (Å²) in [6.07, 6.45) is 1.45. The maximum atomic E-state index is 12.3. The van der Waals surface area contributed by atoms with Gasteiger partial charge >= 0.3 is 6.18 Å². The summed E-state index contributed by atoms with van der Waals surface area (Å²) in [5.74, 6) is -1.74. The minimum atomic E-state index is -4.36. The molecule has 4 heteroatoms. The fourth-order valence-corrected chi connectivity index (χ4v) is 1.23. The molecule has 0 aromatic rings. The molecule has 1 N–H and O–H groups in total. The van der Waals surface area contributed by atoms with Gasteiger partial charge in [-0.15, -0.1) is 0 Å². The summed E-state index contributed by atoms with van der Waals surface area (Å²) in [6.45, 7) is 0.990. The zero-order chi connectivity index (χ0) is 10.1. The van der Waals surface area contributed by atoms with Gasteiger partial charge in [-0.3, -0.25) is 0 Å². The van der Waals surface area contributed by atoms with Crippen LogP contribution in [0, 0.1) is 5.92 Å². The number of alkyl halides is 3. The van der Waals surface area contributed by atoms with E-state index in [1.54, 1.807) is 6.08 Å². The molecule has 0 spiro atoms. The largest absolute Gasteiger partial charge is 0.394 e. The van der Waals surface area contributed by atoms with Gasteiger partial charge in [-0.25, -0.2) is 0 Å². The van der Waals surface area contributed by atoms with Crippen molar-refractivity contribution in [3.05, 3.63) is 24.3 Å². The van der Waals surface area contributed by atoms with Crippen LogP contribution in [0.15, 0.2) is 24.3 Å². The topological polar surface area (TPSA) is 20.2 Å². The lowest BCUT2D eigenvalue weighted by molar-refractivity contribution is -0.209. The minimum Gasteiger partial charge on any atom is -0.385 e. The van der Waals surface area contributed by atoms with Gasteiger partial charge in [0.2, 0.25) is 0 Å². The summed E-state index contributed by atoms with van der Waals surface area (Å²) in [4.78, 5) is 0. The number of hydrogen-bond acceptors (Lipinski definition) is 1. The summed E-state index contributed by atoms with van der Waals surface area (Å²) in [7, 11) is 0. The molecular formula is C9H11F3O. The van der Waals surface area contributed by atoms with E-state index in [2.05, 4.69) is 0 Å². The zero-order valence-corrected chi connectivity index (χ0v) is 7.17. The van der Waals surface area contributed by atoms with Gasteiger partial charge in [0.05, 0.1) is 11.5 Å². The SMILES string of the molecule is CC(C(F)(F)F)C1(O)C=CC=CC1. The summed E-state index contributed by atoms with van der Waals surface area (Å²) in [5, 5.41) is 9.62. The summed E-state index contributed by atoms with van der Waals surface area (Å²) in [6, 6.07) is 0. The molecule has 0 fully saturated rings. The van der Waals surface area contributed by atoms with Gasteiger partial charge in [-0.2, -0.15) is 13.2 Å². The molecule has 0 bridgehead atoms. The lowest BCUT2D eigenvalue weighted by Gasteiger charge is -2.32. The third kappa shape index (κ3) is 2.12. The Hall–Kier alpha value is -0.770. The van der Waals surface area contributed by atoms with E-state index in [4.69, 9.17) is 0 Å². The third-order valence-corrected chi connectivity index (χ3v) is 2.32. The van der Waals surface area contributed by atoms with E-state index >= 15 is 0 Å². The van der Waals surface area contributed by atoms with E-state index in [0.29, 0.717) is 0 Å². The monoisotopic (exact) mass is 192 g/mol. The van der Waals surface area contributed by atoms with Crippen molar-refractivity contribution in [1.29, 1.82) is 0 Å². The fraction of sp³-hybridized carbons (Fsp3) is 0.556. The normalized spacial score (nSPS) is 30.5. The first kappa shape index (κ1) is 10.3. The van der Waals surface area contributed by atoms with Crippen molar-refractivity contribution in [2.75, 3.05) is 0 Å². The lowest BCUT2D eigenvalue weighted by atomic mass is 9.83. The number of rotatable bonds is 1. The molecule has 0 aromatic carbocycles. The second-order valence-corrected chi connectivity index (χ2v) is 3.25. The van der Waals surface area contributed by atoms with Crippen LogP contribution in [0.4, 0.5) is 13.2 Å². The molecule has 0 radical (unpaired) electrons. The van der Waals surface area contributed by atoms with Crippen LogP contribution in [0.5, 0.6) is 0 Å². The van der Waals surface area contributed by atoms with Gasteiger partial charge in [0.15, 0.2) is 0 Å². The van der Waals surface area contributed by atoms with Crippen LogP contribution < -0.4 is 0 Å². The molecular weight excluding hydrogens is 181 g/mol. The average Bonchev–Trinajstić information content (AvgIpc) is 2.03. The molecule has 0 aromatic heterocycles. The van der Waals surface area contributed by atoms with E-state index in [1.165, 1.54) is 18.2 Å². The maximum absolute atomic E-state index is 12.3. The van der Waals surface area contributed by atoms with Gasteiger partial charge in [-0.05, 0) is 6.42 Å². The first-order chi connectivity index (χ1) is 5.86. The Morgan fingerprint density at radius 1 is 1.38 bits per heavy atom. The molecule has 1 rings (SSSR count). The molecule has 2 unspecified atom stereocenters. The van der Waals surface area contributed by atoms with Crippen molar-refractivity contribution < 1.29 is 18.3 Å². The van der Waals surface area contributed by atoms with E-state index in [0.717, 1.165) is 6.92 Å². The second-order valence-electron chi connectivity index (χ2n) is 3.25. The minimum absolute atomic E-state index is 0.0180. The molecule has 74 valence electrons. The van der Waals surface area contributed by atoms with E-state index in [-0.39, 0.29) is 6.42 Å². The first-order valence-electron chi connectivity index (χ1n) is 4.00. The summed E-state index contributed by atoms with van der Waals surface area (Å²) in [5.41, 5.74) is -1.77. The fourth-order valence-electron chi connectivity index (χ4n) is 1.23. The van der Waals surface area contributed by atoms with Crippen LogP contribution in [0.3, 0.4) is 0 Å². The number of hydrogen-bond donors (Lipinski definition) is 1. The predicted molar refractivity (Wildman–Crippen MR) is 43.1 cm³/mol. The van der Waals surface area contributed by atoms with Crippen molar-refractivity contribution in [1.82, 2.24) is 0 Å². The van der Waals surface area contributed by atoms with Gasteiger partial charge in [0, 0.05) is 0 Å². The van der Waals surface area contributed by atoms with Gasteiger partial charge < -0.3 is 5.11 Å². The average molecular weight is 192 g/mol. The summed E-state index contributed by atoms with van der Waals surface area (Å²) >= 11 is 0. The van der Waals surface area contributed by atoms with E-state index in [1.807, 2.05) is 0 Å². The Morgan fingerprint density at radius 2 is 2.00 bits per heavy atom. The Kier molecular flexibility index (Phi) is 2.52. The van der Waals surface area contributed by atoms with Gasteiger partial charge in [-0.1, -0.05) is 31.2 Å². The Balaban J connectivity index is 2.81. The highest BCUT2D eigenvalue weighted by atomic mass is 19.4. The predicted octanol–water partition coefficient (Wildman–Crippen LogP) is 2.43. The Bertz CT molecular complexity index is 242. The number of halogens is 3. The van der Waals surface area contributed by atoms with Crippen LogP contribution >= 0.6 is 0 Å². The molecule has 0 amide bonds. The highest BCUT2D eigenvalue weighted by molar-refractivity contribution is 5.19. The van der Waals surface area contributed by atoms with Crippen LogP contribution in [-0.4, -0.2) is 16.9 Å². The van der Waals surface area contributed by atoms with Crippen molar-refractivity contribution in [3.63, 3.8) is 0 Å². The van der Waals surface area contributed by atoms with Crippen LogP contribution in [0.1, 0.15) is 13.3 Å². The van der Waals surface area contributed by atoms with Gasteiger partial charge in [0.25, 0.3) is 0 Å². The maximum Gasteiger partial charge on any atom is 0.394 e. The highest BCUT2D eigenvalue weighted by Crippen LogP contribution is 2.38. The van der Waals surface area contributed by atoms with E-state index < -0.39 is 17.7 Å². The van der Waals surface area contributed by atoms with Crippen LogP contribution in [0.2, 0.25) is 0 Å². The van der Waals surface area contributed by atoms with Crippen LogP contribution in [-0.2, 0) is 0 Å². The molecule has 2 atom stereocenters. The molecule has 1 aliphatic carbocycles.